The van der Waals surface area contributed by atoms with Gasteiger partial charge in [-0.15, -0.1) is 0 Å². The van der Waals surface area contributed by atoms with Crippen molar-refractivity contribution in [2.45, 2.75) is 18.8 Å². The number of carbonyl (C=O) groups excluding carboxylic acids is 1. The van der Waals surface area contributed by atoms with Crippen LogP contribution in [0.4, 0.5) is 4.39 Å². The van der Waals surface area contributed by atoms with Crippen LogP contribution < -0.4 is 0 Å². The second-order valence-corrected chi connectivity index (χ2v) is 6.75. The van der Waals surface area contributed by atoms with Gasteiger partial charge in [0.25, 0.3) is 5.91 Å². The highest BCUT2D eigenvalue weighted by Crippen LogP contribution is 2.32. The van der Waals surface area contributed by atoms with E-state index in [0.29, 0.717) is 12.1 Å². The van der Waals surface area contributed by atoms with Crippen LogP contribution in [0.25, 0.3) is 11.3 Å². The zero-order valence-corrected chi connectivity index (χ0v) is 14.9. The number of piperidine rings is 1. The summed E-state index contributed by atoms with van der Waals surface area (Å²) in [4.78, 5) is 23.8. The molecule has 2 heterocycles. The molecule has 0 saturated carbocycles. The highest BCUT2D eigenvalue weighted by molar-refractivity contribution is 5.94. The highest BCUT2D eigenvalue weighted by Gasteiger charge is 2.28. The number of benzene rings is 2. The van der Waals surface area contributed by atoms with E-state index in [0.717, 1.165) is 36.3 Å². The van der Waals surface area contributed by atoms with Crippen LogP contribution in [-0.4, -0.2) is 33.9 Å². The monoisotopic (exact) mass is 361 g/mol. The SMILES string of the molecule is O=C(c1ccccc1)N1CCCC(c2nccnc2-c2ccc(F)cc2)C1. The maximum absolute atomic E-state index is 13.3. The summed E-state index contributed by atoms with van der Waals surface area (Å²) in [6.07, 6.45) is 5.20. The Morgan fingerprint density at radius 3 is 2.52 bits per heavy atom. The van der Waals surface area contributed by atoms with Gasteiger partial charge in [-0.05, 0) is 49.2 Å². The van der Waals surface area contributed by atoms with E-state index < -0.39 is 0 Å². The fraction of sp³-hybridized carbons (Fsp3) is 0.227. The molecule has 0 bridgehead atoms. The van der Waals surface area contributed by atoms with E-state index in [1.807, 2.05) is 35.2 Å². The van der Waals surface area contributed by atoms with Gasteiger partial charge in [-0.1, -0.05) is 18.2 Å². The van der Waals surface area contributed by atoms with Gasteiger partial charge < -0.3 is 4.90 Å². The molecule has 5 heteroatoms. The fourth-order valence-corrected chi connectivity index (χ4v) is 3.63. The summed E-state index contributed by atoms with van der Waals surface area (Å²) < 4.78 is 13.3. The number of hydrogen-bond acceptors (Lipinski definition) is 3. The molecular formula is C22H20FN3O. The lowest BCUT2D eigenvalue weighted by atomic mass is 9.91. The lowest BCUT2D eigenvalue weighted by molar-refractivity contribution is 0.0706. The van der Waals surface area contributed by atoms with Crippen LogP contribution in [0.3, 0.4) is 0 Å². The average Bonchev–Trinajstić information content (AvgIpc) is 2.74. The zero-order chi connectivity index (χ0) is 18.6. The van der Waals surface area contributed by atoms with Crippen molar-refractivity contribution in [1.82, 2.24) is 14.9 Å². The number of halogens is 1. The highest BCUT2D eigenvalue weighted by atomic mass is 19.1. The summed E-state index contributed by atoms with van der Waals surface area (Å²) in [6, 6.07) is 15.7. The minimum atomic E-state index is -0.276. The number of aromatic nitrogens is 2. The molecule has 1 atom stereocenters. The third-order valence-corrected chi connectivity index (χ3v) is 4.96. The molecule has 0 aliphatic carbocycles. The van der Waals surface area contributed by atoms with Crippen molar-refractivity contribution >= 4 is 5.91 Å². The Kier molecular flexibility index (Phi) is 4.92. The number of likely N-dealkylation sites (tertiary alicyclic amines) is 1. The van der Waals surface area contributed by atoms with E-state index in [2.05, 4.69) is 9.97 Å². The zero-order valence-electron chi connectivity index (χ0n) is 14.9. The van der Waals surface area contributed by atoms with Gasteiger partial charge in [0.15, 0.2) is 0 Å². The summed E-state index contributed by atoms with van der Waals surface area (Å²) in [5.41, 5.74) is 3.17. The summed E-state index contributed by atoms with van der Waals surface area (Å²) in [7, 11) is 0. The Bertz CT molecular complexity index is 928. The molecule has 1 aliphatic rings. The predicted molar refractivity (Wildman–Crippen MR) is 102 cm³/mol. The molecule has 1 fully saturated rings. The maximum atomic E-state index is 13.3. The van der Waals surface area contributed by atoms with Gasteiger partial charge >= 0.3 is 0 Å². The van der Waals surface area contributed by atoms with Crippen LogP contribution in [0.1, 0.15) is 34.8 Å². The predicted octanol–water partition coefficient (Wildman–Crippen LogP) is 4.30. The Hall–Kier alpha value is -3.08. The van der Waals surface area contributed by atoms with Gasteiger partial charge in [0.05, 0.1) is 11.4 Å². The lowest BCUT2D eigenvalue weighted by Gasteiger charge is -2.33. The molecule has 1 saturated heterocycles. The minimum absolute atomic E-state index is 0.0486. The second-order valence-electron chi connectivity index (χ2n) is 6.75. The molecule has 1 aromatic heterocycles. The van der Waals surface area contributed by atoms with E-state index >= 15 is 0 Å². The van der Waals surface area contributed by atoms with Gasteiger partial charge in [0.2, 0.25) is 0 Å². The number of hydrogen-bond donors (Lipinski definition) is 0. The van der Waals surface area contributed by atoms with Gasteiger partial charge in [-0.25, -0.2) is 4.39 Å². The second kappa shape index (κ2) is 7.66. The van der Waals surface area contributed by atoms with Crippen LogP contribution in [0.15, 0.2) is 67.0 Å². The largest absolute Gasteiger partial charge is 0.338 e. The van der Waals surface area contributed by atoms with Crippen molar-refractivity contribution in [3.05, 3.63) is 84.1 Å². The minimum Gasteiger partial charge on any atom is -0.338 e. The van der Waals surface area contributed by atoms with Crippen molar-refractivity contribution in [3.8, 4) is 11.3 Å². The van der Waals surface area contributed by atoms with Gasteiger partial charge in [0.1, 0.15) is 5.82 Å². The van der Waals surface area contributed by atoms with Crippen LogP contribution in [0.5, 0.6) is 0 Å². The van der Waals surface area contributed by atoms with Crippen molar-refractivity contribution in [3.63, 3.8) is 0 Å². The maximum Gasteiger partial charge on any atom is 0.253 e. The Morgan fingerprint density at radius 1 is 1.00 bits per heavy atom. The first-order chi connectivity index (χ1) is 13.2. The Labute approximate surface area is 157 Å². The average molecular weight is 361 g/mol. The van der Waals surface area contributed by atoms with Crippen LogP contribution in [0, 0.1) is 5.82 Å². The van der Waals surface area contributed by atoms with Crippen LogP contribution >= 0.6 is 0 Å². The molecule has 0 N–H and O–H groups in total. The van der Waals surface area contributed by atoms with Gasteiger partial charge in [0, 0.05) is 42.5 Å². The van der Waals surface area contributed by atoms with Crippen molar-refractivity contribution in [1.29, 1.82) is 0 Å². The summed E-state index contributed by atoms with van der Waals surface area (Å²) >= 11 is 0. The first-order valence-electron chi connectivity index (χ1n) is 9.13. The molecule has 1 aliphatic heterocycles. The molecule has 2 aromatic carbocycles. The summed E-state index contributed by atoms with van der Waals surface area (Å²) in [5, 5.41) is 0. The molecule has 0 radical (unpaired) electrons. The Morgan fingerprint density at radius 2 is 1.74 bits per heavy atom. The van der Waals surface area contributed by atoms with Gasteiger partial charge in [-0.3, -0.25) is 14.8 Å². The molecule has 0 spiro atoms. The van der Waals surface area contributed by atoms with E-state index in [-0.39, 0.29) is 17.6 Å². The molecule has 1 amide bonds. The van der Waals surface area contributed by atoms with E-state index in [1.54, 1.807) is 24.5 Å². The van der Waals surface area contributed by atoms with Crippen molar-refractivity contribution in [2.24, 2.45) is 0 Å². The van der Waals surface area contributed by atoms with Crippen molar-refractivity contribution in [2.75, 3.05) is 13.1 Å². The molecule has 1 unspecified atom stereocenters. The Balaban J connectivity index is 1.60. The number of rotatable bonds is 3. The molecular weight excluding hydrogens is 341 g/mol. The topological polar surface area (TPSA) is 46.1 Å². The third kappa shape index (κ3) is 3.72. The molecule has 27 heavy (non-hydrogen) atoms. The molecule has 136 valence electrons. The number of nitrogens with zero attached hydrogens (tertiary/aromatic N) is 3. The van der Waals surface area contributed by atoms with Gasteiger partial charge in [-0.2, -0.15) is 0 Å². The van der Waals surface area contributed by atoms with E-state index in [1.165, 1.54) is 12.1 Å². The van der Waals surface area contributed by atoms with Crippen LogP contribution in [0.2, 0.25) is 0 Å². The standard InChI is InChI=1S/C22H20FN3O/c23-19-10-8-16(9-11-19)20-21(25-13-12-24-20)18-7-4-14-26(15-18)22(27)17-5-2-1-3-6-17/h1-3,5-6,8-13,18H,4,7,14-15H2. The smallest absolute Gasteiger partial charge is 0.253 e. The number of carbonyl (C=O) groups is 1. The van der Waals surface area contributed by atoms with Crippen LogP contribution in [-0.2, 0) is 0 Å². The molecule has 3 aromatic rings. The summed E-state index contributed by atoms with van der Waals surface area (Å²) in [5.74, 6) is -0.117. The van der Waals surface area contributed by atoms with E-state index in [4.69, 9.17) is 0 Å². The molecule has 4 rings (SSSR count). The third-order valence-electron chi connectivity index (χ3n) is 4.96. The molecule has 4 nitrogen and oxygen atoms in total. The number of amides is 1. The first-order valence-corrected chi connectivity index (χ1v) is 9.13. The normalized spacial score (nSPS) is 16.9. The van der Waals surface area contributed by atoms with E-state index in [9.17, 15) is 9.18 Å². The fourth-order valence-electron chi connectivity index (χ4n) is 3.63. The van der Waals surface area contributed by atoms with Crippen molar-refractivity contribution < 1.29 is 9.18 Å². The lowest BCUT2D eigenvalue weighted by Crippen LogP contribution is -2.39. The quantitative estimate of drug-likeness (QED) is 0.699. The first kappa shape index (κ1) is 17.3. The summed E-state index contributed by atoms with van der Waals surface area (Å²) in [6.45, 7) is 1.36.